The predicted molar refractivity (Wildman–Crippen MR) is 44.0 cm³/mol. The van der Waals surface area contributed by atoms with Crippen LogP contribution in [0, 0.1) is 11.3 Å². The van der Waals surface area contributed by atoms with E-state index in [-0.39, 0.29) is 4.05 Å². The molecule has 0 aromatic heterocycles. The highest BCUT2D eigenvalue weighted by atomic mass is 127. The molecule has 0 saturated carbocycles. The Labute approximate surface area is 66.6 Å². The van der Waals surface area contributed by atoms with Crippen molar-refractivity contribution < 1.29 is 0 Å². The van der Waals surface area contributed by atoms with Gasteiger partial charge in [0.2, 0.25) is 0 Å². The van der Waals surface area contributed by atoms with Crippen LogP contribution in [0.5, 0.6) is 0 Å². The normalized spacial score (nSPS) is 24.9. The van der Waals surface area contributed by atoms with Crippen LogP contribution < -0.4 is 0 Å². The van der Waals surface area contributed by atoms with Crippen LogP contribution in [-0.2, 0) is 0 Å². The number of rotatable bonds is 0. The number of halogens is 1. The third-order valence-electron chi connectivity index (χ3n) is 0.933. The molecule has 1 rings (SSSR count). The van der Waals surface area contributed by atoms with Crippen LogP contribution in [0.2, 0.25) is 0 Å². The standard InChI is InChI=1S/C5H4IN3/c6-5-1-4(2-7)8-3-9-5/h3,5H,1H2. The van der Waals surface area contributed by atoms with Crippen molar-refractivity contribution in [2.75, 3.05) is 0 Å². The Morgan fingerprint density at radius 2 is 2.67 bits per heavy atom. The maximum Gasteiger partial charge on any atom is 0.122 e. The zero-order valence-corrected chi connectivity index (χ0v) is 6.74. The lowest BCUT2D eigenvalue weighted by atomic mass is 10.3. The lowest BCUT2D eigenvalue weighted by molar-refractivity contribution is 0.994. The first kappa shape index (κ1) is 6.68. The minimum atomic E-state index is 0.203. The summed E-state index contributed by atoms with van der Waals surface area (Å²) in [4.78, 5) is 7.71. The van der Waals surface area contributed by atoms with Crippen molar-refractivity contribution in [1.29, 1.82) is 5.26 Å². The van der Waals surface area contributed by atoms with E-state index in [0.717, 1.165) is 0 Å². The summed E-state index contributed by atoms with van der Waals surface area (Å²) in [6.45, 7) is 0. The smallest absolute Gasteiger partial charge is 0.122 e. The van der Waals surface area contributed by atoms with Gasteiger partial charge in [-0.1, -0.05) is 22.6 Å². The third kappa shape index (κ3) is 1.75. The van der Waals surface area contributed by atoms with Gasteiger partial charge >= 0.3 is 0 Å². The molecule has 0 N–H and O–H groups in total. The average Bonchev–Trinajstić information content (AvgIpc) is 1.88. The van der Waals surface area contributed by atoms with E-state index in [1.54, 1.807) is 0 Å². The molecule has 0 radical (unpaired) electrons. The van der Waals surface area contributed by atoms with Crippen LogP contribution in [0.15, 0.2) is 9.98 Å². The molecule has 1 unspecified atom stereocenters. The molecule has 9 heavy (non-hydrogen) atoms. The first-order chi connectivity index (χ1) is 4.33. The summed E-state index contributed by atoms with van der Waals surface area (Å²) in [6, 6.07) is 1.99. The largest absolute Gasteiger partial charge is 0.259 e. The molecule has 0 spiro atoms. The van der Waals surface area contributed by atoms with Gasteiger partial charge in [-0.2, -0.15) is 5.26 Å². The highest BCUT2D eigenvalue weighted by molar-refractivity contribution is 14.1. The summed E-state index contributed by atoms with van der Waals surface area (Å²) < 4.78 is 0.203. The van der Waals surface area contributed by atoms with E-state index in [9.17, 15) is 0 Å². The fraction of sp³-hybridized carbons (Fsp3) is 0.400. The van der Waals surface area contributed by atoms with Gasteiger partial charge in [-0.25, -0.2) is 4.99 Å². The van der Waals surface area contributed by atoms with Gasteiger partial charge in [-0.15, -0.1) is 0 Å². The van der Waals surface area contributed by atoms with Gasteiger partial charge in [0.1, 0.15) is 22.2 Å². The number of nitrogens with zero attached hydrogens (tertiary/aromatic N) is 3. The zero-order chi connectivity index (χ0) is 6.69. The molecule has 4 heteroatoms. The Balaban J connectivity index is 2.69. The SMILES string of the molecule is N#CC1=NC=NC(I)C1. The van der Waals surface area contributed by atoms with Gasteiger partial charge in [-0.05, 0) is 0 Å². The van der Waals surface area contributed by atoms with Gasteiger partial charge in [0.15, 0.2) is 0 Å². The average molecular weight is 233 g/mol. The van der Waals surface area contributed by atoms with Crippen LogP contribution in [-0.4, -0.2) is 16.1 Å². The Bertz CT molecular complexity index is 201. The maximum absolute atomic E-state index is 8.36. The van der Waals surface area contributed by atoms with E-state index in [1.165, 1.54) is 6.34 Å². The Kier molecular flexibility index (Phi) is 2.16. The minimum Gasteiger partial charge on any atom is -0.259 e. The van der Waals surface area contributed by atoms with Gasteiger partial charge in [0.05, 0.1) is 0 Å². The Hall–Kier alpha value is -0.440. The molecule has 0 aromatic rings. The molecule has 0 bridgehead atoms. The summed E-state index contributed by atoms with van der Waals surface area (Å²) in [7, 11) is 0. The third-order valence-corrected chi connectivity index (χ3v) is 1.69. The van der Waals surface area contributed by atoms with E-state index in [4.69, 9.17) is 5.26 Å². The molecule has 1 aliphatic rings. The maximum atomic E-state index is 8.36. The molecule has 0 aromatic carbocycles. The number of nitriles is 1. The molecule has 3 nitrogen and oxygen atoms in total. The summed E-state index contributed by atoms with van der Waals surface area (Å²) in [5.74, 6) is 0. The van der Waals surface area contributed by atoms with E-state index >= 15 is 0 Å². The summed E-state index contributed by atoms with van der Waals surface area (Å²) >= 11 is 2.17. The van der Waals surface area contributed by atoms with Crippen LogP contribution >= 0.6 is 22.6 Å². The first-order valence-electron chi connectivity index (χ1n) is 2.45. The molecule has 1 atom stereocenters. The highest BCUT2D eigenvalue weighted by Crippen LogP contribution is 2.10. The van der Waals surface area contributed by atoms with Crippen molar-refractivity contribution in [2.45, 2.75) is 10.5 Å². The molecule has 1 aliphatic heterocycles. The van der Waals surface area contributed by atoms with Crippen LogP contribution in [0.3, 0.4) is 0 Å². The molecule has 0 amide bonds. The summed E-state index contributed by atoms with van der Waals surface area (Å²) in [6.07, 6.45) is 2.12. The van der Waals surface area contributed by atoms with Crippen LogP contribution in [0.1, 0.15) is 6.42 Å². The van der Waals surface area contributed by atoms with E-state index in [1.807, 2.05) is 6.07 Å². The van der Waals surface area contributed by atoms with Crippen molar-refractivity contribution in [2.24, 2.45) is 9.98 Å². The lowest BCUT2D eigenvalue weighted by Gasteiger charge is -2.03. The molecule has 46 valence electrons. The topological polar surface area (TPSA) is 48.5 Å². The molecular weight excluding hydrogens is 229 g/mol. The van der Waals surface area contributed by atoms with Crippen molar-refractivity contribution in [3.8, 4) is 6.07 Å². The van der Waals surface area contributed by atoms with Crippen molar-refractivity contribution in [3.63, 3.8) is 0 Å². The van der Waals surface area contributed by atoms with E-state index in [2.05, 4.69) is 32.6 Å². The van der Waals surface area contributed by atoms with E-state index in [0.29, 0.717) is 12.1 Å². The van der Waals surface area contributed by atoms with Crippen LogP contribution in [0.4, 0.5) is 0 Å². The Morgan fingerprint density at radius 3 is 3.11 bits per heavy atom. The summed E-state index contributed by atoms with van der Waals surface area (Å²) in [5, 5.41) is 8.36. The van der Waals surface area contributed by atoms with Gasteiger partial charge in [0, 0.05) is 6.42 Å². The van der Waals surface area contributed by atoms with Crippen molar-refractivity contribution in [1.82, 2.24) is 0 Å². The van der Waals surface area contributed by atoms with Crippen LogP contribution in [0.25, 0.3) is 0 Å². The molecular formula is C5H4IN3. The number of hydrogen-bond acceptors (Lipinski definition) is 3. The predicted octanol–water partition coefficient (Wildman–Crippen LogP) is 1.14. The molecule has 0 aliphatic carbocycles. The number of alkyl halides is 1. The van der Waals surface area contributed by atoms with E-state index < -0.39 is 0 Å². The second-order valence-electron chi connectivity index (χ2n) is 1.59. The van der Waals surface area contributed by atoms with Crippen molar-refractivity contribution in [3.05, 3.63) is 0 Å². The second-order valence-corrected chi connectivity index (χ2v) is 3.03. The van der Waals surface area contributed by atoms with Gasteiger partial charge in [-0.3, -0.25) is 4.99 Å². The monoisotopic (exact) mass is 233 g/mol. The number of aliphatic imine (C=N–C) groups is 2. The Morgan fingerprint density at radius 1 is 1.89 bits per heavy atom. The lowest BCUT2D eigenvalue weighted by Crippen LogP contribution is -2.08. The number of hydrogen-bond donors (Lipinski definition) is 0. The first-order valence-corrected chi connectivity index (χ1v) is 3.70. The highest BCUT2D eigenvalue weighted by Gasteiger charge is 2.08. The fourth-order valence-electron chi connectivity index (χ4n) is 0.515. The minimum absolute atomic E-state index is 0.203. The summed E-state index contributed by atoms with van der Waals surface area (Å²) in [5.41, 5.74) is 0.574. The van der Waals surface area contributed by atoms with Gasteiger partial charge < -0.3 is 0 Å². The molecule has 1 heterocycles. The van der Waals surface area contributed by atoms with Crippen molar-refractivity contribution >= 4 is 34.6 Å². The van der Waals surface area contributed by atoms with Gasteiger partial charge in [0.25, 0.3) is 0 Å². The second kappa shape index (κ2) is 2.92. The fourth-order valence-corrected chi connectivity index (χ4v) is 1.08. The quantitative estimate of drug-likeness (QED) is 0.351. The molecule has 0 fully saturated rings. The molecule has 0 saturated heterocycles. The zero-order valence-electron chi connectivity index (χ0n) is 4.58.